The van der Waals surface area contributed by atoms with Crippen LogP contribution in [0.5, 0.6) is 11.5 Å². The van der Waals surface area contributed by atoms with Crippen LogP contribution in [0.3, 0.4) is 0 Å². The molecule has 0 heterocycles. The van der Waals surface area contributed by atoms with E-state index in [1.807, 2.05) is 49.4 Å². The molecule has 0 radical (unpaired) electrons. The van der Waals surface area contributed by atoms with Gasteiger partial charge in [0.25, 0.3) is 0 Å². The number of hydrogen-bond donors (Lipinski definition) is 0. The van der Waals surface area contributed by atoms with E-state index in [4.69, 9.17) is 9.47 Å². The van der Waals surface area contributed by atoms with E-state index in [0.29, 0.717) is 13.2 Å². The minimum absolute atomic E-state index is 0.226. The average molecular weight is 296 g/mol. The Kier molecular flexibility index (Phi) is 4.24. The Hall–Kier alpha value is -2.55. The summed E-state index contributed by atoms with van der Waals surface area (Å²) in [4.78, 5) is 0. The number of benzene rings is 3. The molecule has 0 N–H and O–H groups in total. The molecule has 3 aromatic carbocycles. The van der Waals surface area contributed by atoms with Gasteiger partial charge in [0, 0.05) is 0 Å². The highest BCUT2D eigenvalue weighted by atomic mass is 19.1. The second kappa shape index (κ2) is 6.48. The number of ether oxygens (including phenoxy) is 2. The third kappa shape index (κ3) is 3.37. The number of halogens is 1. The first-order chi connectivity index (χ1) is 10.7. The molecule has 0 bridgehead atoms. The molecule has 0 atom stereocenters. The molecule has 0 aliphatic rings. The lowest BCUT2D eigenvalue weighted by atomic mass is 10.1. The second-order valence-electron chi connectivity index (χ2n) is 5.02. The molecule has 3 heteroatoms. The lowest BCUT2D eigenvalue weighted by Crippen LogP contribution is -1.96. The van der Waals surface area contributed by atoms with E-state index in [2.05, 4.69) is 0 Å². The Morgan fingerprint density at radius 3 is 2.23 bits per heavy atom. The fourth-order valence-corrected chi connectivity index (χ4v) is 2.30. The van der Waals surface area contributed by atoms with Gasteiger partial charge in [0.15, 0.2) is 0 Å². The molecule has 0 amide bonds. The first-order valence-electron chi connectivity index (χ1n) is 7.28. The molecule has 112 valence electrons. The summed E-state index contributed by atoms with van der Waals surface area (Å²) in [6.07, 6.45) is 0. The summed E-state index contributed by atoms with van der Waals surface area (Å²) < 4.78 is 24.4. The van der Waals surface area contributed by atoms with Gasteiger partial charge in [-0.05, 0) is 59.7 Å². The van der Waals surface area contributed by atoms with Gasteiger partial charge in [0.05, 0.1) is 6.61 Å². The summed E-state index contributed by atoms with van der Waals surface area (Å²) in [6.45, 7) is 3.11. The van der Waals surface area contributed by atoms with Crippen LogP contribution in [0.1, 0.15) is 12.5 Å². The van der Waals surface area contributed by atoms with Crippen molar-refractivity contribution in [2.45, 2.75) is 13.5 Å². The van der Waals surface area contributed by atoms with Gasteiger partial charge in [-0.2, -0.15) is 0 Å². The average Bonchev–Trinajstić information content (AvgIpc) is 2.54. The molecular weight excluding hydrogens is 279 g/mol. The van der Waals surface area contributed by atoms with Crippen molar-refractivity contribution in [3.8, 4) is 11.5 Å². The van der Waals surface area contributed by atoms with Crippen LogP contribution in [0, 0.1) is 5.82 Å². The van der Waals surface area contributed by atoms with Crippen LogP contribution < -0.4 is 9.47 Å². The topological polar surface area (TPSA) is 18.5 Å². The van der Waals surface area contributed by atoms with E-state index >= 15 is 0 Å². The molecule has 0 fully saturated rings. The largest absolute Gasteiger partial charge is 0.494 e. The van der Waals surface area contributed by atoms with Crippen LogP contribution in [0.25, 0.3) is 10.8 Å². The monoisotopic (exact) mass is 296 g/mol. The molecule has 3 aromatic rings. The maximum Gasteiger partial charge on any atom is 0.123 e. The van der Waals surface area contributed by atoms with Crippen LogP contribution >= 0.6 is 0 Å². The Morgan fingerprint density at radius 1 is 0.773 bits per heavy atom. The highest BCUT2D eigenvalue weighted by molar-refractivity contribution is 5.83. The summed E-state index contributed by atoms with van der Waals surface area (Å²) in [5.41, 5.74) is 1.07. The fourth-order valence-electron chi connectivity index (χ4n) is 2.30. The zero-order valence-electron chi connectivity index (χ0n) is 12.4. The Bertz CT molecular complexity index is 766. The molecule has 0 saturated carbocycles. The lowest BCUT2D eigenvalue weighted by Gasteiger charge is -2.08. The van der Waals surface area contributed by atoms with Gasteiger partial charge in [-0.1, -0.05) is 24.3 Å². The smallest absolute Gasteiger partial charge is 0.123 e. The van der Waals surface area contributed by atoms with Crippen LogP contribution in [-0.4, -0.2) is 6.61 Å². The van der Waals surface area contributed by atoms with E-state index in [-0.39, 0.29) is 5.82 Å². The standard InChI is InChI=1S/C19H17FO2/c1-2-21-18-8-3-14(4-9-18)13-22-19-10-6-15-11-17(20)7-5-16(15)12-19/h3-12H,2,13H2,1H3. The van der Waals surface area contributed by atoms with Crippen molar-refractivity contribution < 1.29 is 13.9 Å². The molecule has 0 saturated heterocycles. The first kappa shape index (κ1) is 14.4. The van der Waals surface area contributed by atoms with E-state index in [0.717, 1.165) is 27.8 Å². The second-order valence-corrected chi connectivity index (χ2v) is 5.02. The van der Waals surface area contributed by atoms with Gasteiger partial charge < -0.3 is 9.47 Å². The van der Waals surface area contributed by atoms with Crippen LogP contribution in [0.4, 0.5) is 4.39 Å². The predicted molar refractivity (Wildman–Crippen MR) is 85.8 cm³/mol. The molecule has 0 unspecified atom stereocenters. The first-order valence-corrected chi connectivity index (χ1v) is 7.28. The van der Waals surface area contributed by atoms with E-state index in [1.165, 1.54) is 12.1 Å². The Morgan fingerprint density at radius 2 is 1.45 bits per heavy atom. The molecule has 0 aliphatic heterocycles. The van der Waals surface area contributed by atoms with E-state index in [9.17, 15) is 4.39 Å². The van der Waals surface area contributed by atoms with Crippen molar-refractivity contribution in [3.05, 3.63) is 72.0 Å². The normalized spacial score (nSPS) is 10.6. The number of rotatable bonds is 5. The molecule has 3 rings (SSSR count). The fraction of sp³-hybridized carbons (Fsp3) is 0.158. The van der Waals surface area contributed by atoms with Crippen LogP contribution in [-0.2, 0) is 6.61 Å². The van der Waals surface area contributed by atoms with E-state index < -0.39 is 0 Å². The van der Waals surface area contributed by atoms with Crippen LogP contribution in [0.15, 0.2) is 60.7 Å². The molecule has 0 aliphatic carbocycles. The minimum Gasteiger partial charge on any atom is -0.494 e. The third-order valence-corrected chi connectivity index (χ3v) is 3.41. The van der Waals surface area contributed by atoms with Crippen molar-refractivity contribution >= 4 is 10.8 Å². The molecular formula is C19H17FO2. The third-order valence-electron chi connectivity index (χ3n) is 3.41. The van der Waals surface area contributed by atoms with Gasteiger partial charge in [0.1, 0.15) is 23.9 Å². The highest BCUT2D eigenvalue weighted by Crippen LogP contribution is 2.22. The maximum absolute atomic E-state index is 13.2. The summed E-state index contributed by atoms with van der Waals surface area (Å²) in [5.74, 6) is 1.41. The zero-order valence-corrected chi connectivity index (χ0v) is 12.4. The Labute approximate surface area is 129 Å². The highest BCUT2D eigenvalue weighted by Gasteiger charge is 2.01. The van der Waals surface area contributed by atoms with Crippen molar-refractivity contribution in [3.63, 3.8) is 0 Å². The van der Waals surface area contributed by atoms with Crippen molar-refractivity contribution in [1.29, 1.82) is 0 Å². The summed E-state index contributed by atoms with van der Waals surface area (Å²) >= 11 is 0. The van der Waals surface area contributed by atoms with Gasteiger partial charge >= 0.3 is 0 Å². The van der Waals surface area contributed by atoms with Gasteiger partial charge in [0.2, 0.25) is 0 Å². The van der Waals surface area contributed by atoms with Crippen molar-refractivity contribution in [2.75, 3.05) is 6.61 Å². The summed E-state index contributed by atoms with van der Waals surface area (Å²) in [5, 5.41) is 1.83. The minimum atomic E-state index is -0.226. The molecule has 22 heavy (non-hydrogen) atoms. The lowest BCUT2D eigenvalue weighted by molar-refractivity contribution is 0.306. The predicted octanol–water partition coefficient (Wildman–Crippen LogP) is 4.96. The van der Waals surface area contributed by atoms with Gasteiger partial charge in [-0.25, -0.2) is 4.39 Å². The molecule has 2 nitrogen and oxygen atoms in total. The van der Waals surface area contributed by atoms with E-state index in [1.54, 1.807) is 6.07 Å². The van der Waals surface area contributed by atoms with Gasteiger partial charge in [-0.15, -0.1) is 0 Å². The number of hydrogen-bond acceptors (Lipinski definition) is 2. The quantitative estimate of drug-likeness (QED) is 0.662. The van der Waals surface area contributed by atoms with Crippen molar-refractivity contribution in [2.24, 2.45) is 0 Å². The Balaban J connectivity index is 1.69. The number of fused-ring (bicyclic) bond motifs is 1. The summed E-state index contributed by atoms with van der Waals surface area (Å²) in [6, 6.07) is 18.2. The van der Waals surface area contributed by atoms with Crippen LogP contribution in [0.2, 0.25) is 0 Å². The summed E-state index contributed by atoms with van der Waals surface area (Å²) in [7, 11) is 0. The van der Waals surface area contributed by atoms with Gasteiger partial charge in [-0.3, -0.25) is 0 Å². The zero-order chi connectivity index (χ0) is 15.4. The van der Waals surface area contributed by atoms with Crippen molar-refractivity contribution in [1.82, 2.24) is 0 Å². The SMILES string of the molecule is CCOc1ccc(COc2ccc3cc(F)ccc3c2)cc1. The molecule has 0 spiro atoms. The maximum atomic E-state index is 13.2. The molecule has 0 aromatic heterocycles.